The van der Waals surface area contributed by atoms with Gasteiger partial charge in [0.2, 0.25) is 0 Å². The van der Waals surface area contributed by atoms with Crippen LogP contribution in [-0.2, 0) is 6.54 Å². The van der Waals surface area contributed by atoms with Gasteiger partial charge in [0.15, 0.2) is 0 Å². The Bertz CT molecular complexity index is 889. The van der Waals surface area contributed by atoms with E-state index in [2.05, 4.69) is 9.88 Å². The monoisotopic (exact) mass is 323 g/mol. The van der Waals surface area contributed by atoms with Gasteiger partial charge in [-0.3, -0.25) is 14.1 Å². The topological polar surface area (TPSA) is 46.8 Å². The van der Waals surface area contributed by atoms with Gasteiger partial charge in [-0.2, -0.15) is 0 Å². The maximum atomic E-state index is 12.1. The SMILES string of the molecule is Cc1ccccc1OCCN(C)Cc1cc(=O)n2ccccc2n1. The first-order valence-corrected chi connectivity index (χ1v) is 7.98. The molecular weight excluding hydrogens is 302 g/mol. The molecule has 3 aromatic rings. The molecule has 3 rings (SSSR count). The van der Waals surface area contributed by atoms with Crippen molar-refractivity contribution in [2.24, 2.45) is 0 Å². The summed E-state index contributed by atoms with van der Waals surface area (Å²) in [5.74, 6) is 0.910. The van der Waals surface area contributed by atoms with Crippen molar-refractivity contribution in [1.82, 2.24) is 14.3 Å². The van der Waals surface area contributed by atoms with E-state index < -0.39 is 0 Å². The Kier molecular flexibility index (Phi) is 4.91. The van der Waals surface area contributed by atoms with Crippen molar-refractivity contribution < 1.29 is 4.74 Å². The molecule has 0 aliphatic heterocycles. The van der Waals surface area contributed by atoms with Gasteiger partial charge in [-0.1, -0.05) is 24.3 Å². The van der Waals surface area contributed by atoms with Gasteiger partial charge in [0.25, 0.3) is 5.56 Å². The molecule has 0 fully saturated rings. The van der Waals surface area contributed by atoms with Gasteiger partial charge in [0.1, 0.15) is 18.0 Å². The van der Waals surface area contributed by atoms with Gasteiger partial charge < -0.3 is 4.74 Å². The van der Waals surface area contributed by atoms with Crippen LogP contribution >= 0.6 is 0 Å². The van der Waals surface area contributed by atoms with Crippen LogP contribution in [0.15, 0.2) is 59.5 Å². The van der Waals surface area contributed by atoms with Crippen molar-refractivity contribution in [2.45, 2.75) is 13.5 Å². The number of ether oxygens (including phenoxy) is 1. The van der Waals surface area contributed by atoms with Crippen LogP contribution in [0, 0.1) is 6.92 Å². The van der Waals surface area contributed by atoms with E-state index >= 15 is 0 Å². The van der Waals surface area contributed by atoms with E-state index in [1.54, 1.807) is 16.7 Å². The second-order valence-electron chi connectivity index (χ2n) is 5.87. The lowest BCUT2D eigenvalue weighted by Gasteiger charge is -2.17. The number of rotatable bonds is 6. The highest BCUT2D eigenvalue weighted by molar-refractivity contribution is 5.38. The number of fused-ring (bicyclic) bond motifs is 1. The van der Waals surface area contributed by atoms with Gasteiger partial charge in [0.05, 0.1) is 5.69 Å². The Morgan fingerprint density at radius 2 is 1.96 bits per heavy atom. The standard InChI is InChI=1S/C19H21N3O2/c1-15-7-3-4-8-17(15)24-12-11-21(2)14-16-13-19(23)22-10-6-5-9-18(22)20-16/h3-10,13H,11-12,14H2,1-2H3. The number of nitrogens with zero attached hydrogens (tertiary/aromatic N) is 3. The molecule has 0 amide bonds. The second kappa shape index (κ2) is 7.27. The van der Waals surface area contributed by atoms with E-state index in [-0.39, 0.29) is 5.56 Å². The Labute approximate surface area is 141 Å². The number of aryl methyl sites for hydroxylation is 1. The number of likely N-dealkylation sites (N-methyl/N-ethyl adjacent to an activating group) is 1. The van der Waals surface area contributed by atoms with Crippen molar-refractivity contribution >= 4 is 5.65 Å². The number of hydrogen-bond acceptors (Lipinski definition) is 4. The minimum atomic E-state index is -0.0554. The van der Waals surface area contributed by atoms with Crippen LogP contribution in [0.1, 0.15) is 11.3 Å². The molecule has 5 heteroatoms. The van der Waals surface area contributed by atoms with Crippen molar-refractivity contribution in [2.75, 3.05) is 20.2 Å². The largest absolute Gasteiger partial charge is 0.492 e. The lowest BCUT2D eigenvalue weighted by atomic mass is 10.2. The second-order valence-corrected chi connectivity index (χ2v) is 5.87. The number of para-hydroxylation sites is 1. The molecule has 0 radical (unpaired) electrons. The van der Waals surface area contributed by atoms with E-state index in [1.807, 2.05) is 56.4 Å². The van der Waals surface area contributed by atoms with E-state index in [9.17, 15) is 4.79 Å². The quantitative estimate of drug-likeness (QED) is 0.699. The molecule has 0 aliphatic rings. The van der Waals surface area contributed by atoms with E-state index in [0.29, 0.717) is 18.8 Å². The summed E-state index contributed by atoms with van der Waals surface area (Å²) >= 11 is 0. The molecular formula is C19H21N3O2. The minimum Gasteiger partial charge on any atom is -0.492 e. The van der Waals surface area contributed by atoms with Gasteiger partial charge in [-0.05, 0) is 37.7 Å². The third kappa shape index (κ3) is 3.81. The first kappa shape index (κ1) is 16.2. The van der Waals surface area contributed by atoms with Crippen LogP contribution in [0.5, 0.6) is 5.75 Å². The molecule has 0 atom stereocenters. The third-order valence-electron chi connectivity index (χ3n) is 3.88. The molecule has 24 heavy (non-hydrogen) atoms. The zero-order valence-corrected chi connectivity index (χ0v) is 14.0. The van der Waals surface area contributed by atoms with Crippen LogP contribution < -0.4 is 10.3 Å². The summed E-state index contributed by atoms with van der Waals surface area (Å²) in [5.41, 5.74) is 2.51. The van der Waals surface area contributed by atoms with Crippen molar-refractivity contribution in [3.63, 3.8) is 0 Å². The Hall–Kier alpha value is -2.66. The molecule has 0 unspecified atom stereocenters. The average Bonchev–Trinajstić information content (AvgIpc) is 2.57. The summed E-state index contributed by atoms with van der Waals surface area (Å²) in [6.45, 7) is 3.99. The summed E-state index contributed by atoms with van der Waals surface area (Å²) in [6, 6.07) is 15.1. The molecule has 0 N–H and O–H groups in total. The lowest BCUT2D eigenvalue weighted by molar-refractivity contribution is 0.230. The van der Waals surface area contributed by atoms with E-state index in [4.69, 9.17) is 4.74 Å². The third-order valence-corrected chi connectivity index (χ3v) is 3.88. The van der Waals surface area contributed by atoms with Gasteiger partial charge in [-0.15, -0.1) is 0 Å². The predicted molar refractivity (Wildman–Crippen MR) is 94.5 cm³/mol. The molecule has 1 aromatic carbocycles. The summed E-state index contributed by atoms with van der Waals surface area (Å²) in [7, 11) is 2.00. The fourth-order valence-electron chi connectivity index (χ4n) is 2.57. The van der Waals surface area contributed by atoms with Crippen molar-refractivity contribution in [3.05, 3.63) is 76.3 Å². The maximum absolute atomic E-state index is 12.1. The smallest absolute Gasteiger partial charge is 0.258 e. The van der Waals surface area contributed by atoms with Crippen LogP contribution in [0.2, 0.25) is 0 Å². The molecule has 5 nitrogen and oxygen atoms in total. The Morgan fingerprint density at radius 1 is 1.17 bits per heavy atom. The number of hydrogen-bond donors (Lipinski definition) is 0. The maximum Gasteiger partial charge on any atom is 0.258 e. The highest BCUT2D eigenvalue weighted by Gasteiger charge is 2.06. The van der Waals surface area contributed by atoms with Crippen LogP contribution in [0.4, 0.5) is 0 Å². The normalized spacial score (nSPS) is 11.1. The summed E-state index contributed by atoms with van der Waals surface area (Å²) < 4.78 is 7.36. The highest BCUT2D eigenvalue weighted by Crippen LogP contribution is 2.15. The zero-order chi connectivity index (χ0) is 16.9. The zero-order valence-electron chi connectivity index (χ0n) is 14.0. The summed E-state index contributed by atoms with van der Waals surface area (Å²) in [4.78, 5) is 18.7. The average molecular weight is 323 g/mol. The summed E-state index contributed by atoms with van der Waals surface area (Å²) in [6.07, 6.45) is 1.73. The van der Waals surface area contributed by atoms with E-state index in [1.165, 1.54) is 0 Å². The number of benzene rings is 1. The number of aromatic nitrogens is 2. The van der Waals surface area contributed by atoms with Crippen molar-refractivity contribution in [3.8, 4) is 5.75 Å². The minimum absolute atomic E-state index is 0.0554. The van der Waals surface area contributed by atoms with Gasteiger partial charge in [-0.25, -0.2) is 4.98 Å². The van der Waals surface area contributed by atoms with Gasteiger partial charge >= 0.3 is 0 Å². The fraction of sp³-hybridized carbons (Fsp3) is 0.263. The van der Waals surface area contributed by atoms with E-state index in [0.717, 1.165) is 23.6 Å². The highest BCUT2D eigenvalue weighted by atomic mass is 16.5. The molecule has 0 saturated carbocycles. The van der Waals surface area contributed by atoms with Gasteiger partial charge in [0, 0.05) is 25.4 Å². The molecule has 0 spiro atoms. The molecule has 0 saturated heterocycles. The van der Waals surface area contributed by atoms with Crippen LogP contribution in [0.25, 0.3) is 5.65 Å². The van der Waals surface area contributed by atoms with Crippen LogP contribution in [0.3, 0.4) is 0 Å². The lowest BCUT2D eigenvalue weighted by Crippen LogP contribution is -2.26. The van der Waals surface area contributed by atoms with Crippen LogP contribution in [-0.4, -0.2) is 34.5 Å². The molecule has 0 bridgehead atoms. The number of pyridine rings is 1. The fourth-order valence-corrected chi connectivity index (χ4v) is 2.57. The Balaban J connectivity index is 1.60. The molecule has 0 aliphatic carbocycles. The molecule has 2 heterocycles. The Morgan fingerprint density at radius 3 is 2.79 bits per heavy atom. The molecule has 124 valence electrons. The predicted octanol–water partition coefficient (Wildman–Crippen LogP) is 2.51. The van der Waals surface area contributed by atoms with Crippen molar-refractivity contribution in [1.29, 1.82) is 0 Å². The molecule has 2 aromatic heterocycles. The first-order valence-electron chi connectivity index (χ1n) is 7.98. The first-order chi connectivity index (χ1) is 11.6. The summed E-state index contributed by atoms with van der Waals surface area (Å²) in [5, 5.41) is 0.